The number of halogens is 1. The van der Waals surface area contributed by atoms with Gasteiger partial charge in [-0.15, -0.1) is 0 Å². The molecule has 22 heavy (non-hydrogen) atoms. The van der Waals surface area contributed by atoms with E-state index in [0.717, 1.165) is 4.47 Å². The number of carbonyl (C=O) groups excluding carboxylic acids is 2. The Kier molecular flexibility index (Phi) is 4.90. The van der Waals surface area contributed by atoms with Crippen LogP contribution in [0.3, 0.4) is 0 Å². The van der Waals surface area contributed by atoms with Gasteiger partial charge in [0.25, 0.3) is 0 Å². The van der Waals surface area contributed by atoms with E-state index >= 15 is 0 Å². The van der Waals surface area contributed by atoms with Crippen LogP contribution in [0.1, 0.15) is 26.3 Å². The summed E-state index contributed by atoms with van der Waals surface area (Å²) in [6, 6.07) is 5.46. The van der Waals surface area contributed by atoms with Crippen LogP contribution in [-0.2, 0) is 19.1 Å². The second-order valence-corrected chi connectivity index (χ2v) is 5.93. The van der Waals surface area contributed by atoms with Gasteiger partial charge in [0.2, 0.25) is 0 Å². The normalized spacial score (nSPS) is 19.5. The maximum atomic E-state index is 12.3. The molecule has 1 atom stereocenters. The average Bonchev–Trinajstić information content (AvgIpc) is 2.47. The van der Waals surface area contributed by atoms with Gasteiger partial charge in [-0.25, -0.2) is 9.59 Å². The van der Waals surface area contributed by atoms with Crippen molar-refractivity contribution in [3.05, 3.63) is 34.3 Å². The van der Waals surface area contributed by atoms with Gasteiger partial charge in [0.05, 0.1) is 18.8 Å². The van der Waals surface area contributed by atoms with E-state index in [9.17, 15) is 9.59 Å². The summed E-state index contributed by atoms with van der Waals surface area (Å²) in [7, 11) is 0. The summed E-state index contributed by atoms with van der Waals surface area (Å²) < 4.78 is 11.0. The van der Waals surface area contributed by atoms with Crippen LogP contribution in [0.5, 0.6) is 0 Å². The molecule has 0 radical (unpaired) electrons. The Bertz CT molecular complexity index is 641. The predicted molar refractivity (Wildman–Crippen MR) is 87.4 cm³/mol. The minimum Gasteiger partial charge on any atom is -0.464 e. The molecule has 1 aliphatic rings. The van der Waals surface area contributed by atoms with Crippen LogP contribution in [0.2, 0.25) is 0 Å². The Labute approximate surface area is 137 Å². The first-order valence-electron chi connectivity index (χ1n) is 7.06. The maximum Gasteiger partial charge on any atom is 0.338 e. The van der Waals surface area contributed by atoms with Crippen molar-refractivity contribution in [3.8, 4) is 0 Å². The van der Waals surface area contributed by atoms with Gasteiger partial charge in [-0.3, -0.25) is 0 Å². The number of esters is 2. The molecular formula is C16H18BrNO4. The highest BCUT2D eigenvalue weighted by Gasteiger charge is 2.39. The summed E-state index contributed by atoms with van der Waals surface area (Å²) in [6.45, 7) is 5.70. The molecule has 5 nitrogen and oxygen atoms in total. The molecule has 0 spiro atoms. The van der Waals surface area contributed by atoms with Gasteiger partial charge >= 0.3 is 11.9 Å². The summed E-state index contributed by atoms with van der Waals surface area (Å²) >= 11 is 3.39. The molecule has 0 aromatic heterocycles. The summed E-state index contributed by atoms with van der Waals surface area (Å²) in [5.74, 6) is -0.899. The molecule has 118 valence electrons. The van der Waals surface area contributed by atoms with Crippen molar-refractivity contribution >= 4 is 39.1 Å². The molecule has 1 N–H and O–H groups in total. The summed E-state index contributed by atoms with van der Waals surface area (Å²) in [5, 5.41) is 3.13. The number of hydrogen-bond acceptors (Lipinski definition) is 5. The highest BCUT2D eigenvalue weighted by atomic mass is 79.9. The van der Waals surface area contributed by atoms with Crippen LogP contribution in [0.15, 0.2) is 28.7 Å². The molecule has 0 bridgehead atoms. The zero-order valence-corrected chi connectivity index (χ0v) is 14.3. The quantitative estimate of drug-likeness (QED) is 0.828. The van der Waals surface area contributed by atoms with Crippen molar-refractivity contribution in [1.29, 1.82) is 0 Å². The van der Waals surface area contributed by atoms with Crippen LogP contribution in [0, 0.1) is 0 Å². The van der Waals surface area contributed by atoms with Crippen LogP contribution in [-0.4, -0.2) is 30.7 Å². The highest BCUT2D eigenvalue weighted by Crippen LogP contribution is 2.36. The van der Waals surface area contributed by atoms with E-state index in [1.807, 2.05) is 18.2 Å². The number of fused-ring (bicyclic) bond motifs is 1. The Balaban J connectivity index is 2.52. The summed E-state index contributed by atoms with van der Waals surface area (Å²) in [4.78, 5) is 24.5. The van der Waals surface area contributed by atoms with Crippen molar-refractivity contribution in [2.75, 3.05) is 18.5 Å². The van der Waals surface area contributed by atoms with Crippen LogP contribution in [0.4, 0.5) is 5.69 Å². The molecule has 0 fully saturated rings. The monoisotopic (exact) mass is 367 g/mol. The fourth-order valence-electron chi connectivity index (χ4n) is 2.30. The molecule has 1 unspecified atom stereocenters. The number of anilines is 1. The third-order valence-electron chi connectivity index (χ3n) is 3.29. The lowest BCUT2D eigenvalue weighted by atomic mass is 9.89. The lowest BCUT2D eigenvalue weighted by Gasteiger charge is -2.32. The van der Waals surface area contributed by atoms with Gasteiger partial charge in [0.15, 0.2) is 5.54 Å². The first-order valence-corrected chi connectivity index (χ1v) is 7.86. The van der Waals surface area contributed by atoms with Crippen LogP contribution < -0.4 is 5.32 Å². The number of nitrogens with one attached hydrogen (secondary N) is 1. The van der Waals surface area contributed by atoms with Crippen molar-refractivity contribution in [1.82, 2.24) is 0 Å². The number of carbonyl (C=O) groups is 2. The van der Waals surface area contributed by atoms with Gasteiger partial charge in [0, 0.05) is 15.7 Å². The van der Waals surface area contributed by atoms with Gasteiger partial charge in [-0.05, 0) is 45.0 Å². The van der Waals surface area contributed by atoms with E-state index < -0.39 is 17.5 Å². The number of hydrogen-bond donors (Lipinski definition) is 1. The largest absolute Gasteiger partial charge is 0.464 e. The van der Waals surface area contributed by atoms with Crippen LogP contribution in [0.25, 0.3) is 5.57 Å². The maximum absolute atomic E-state index is 12.3. The molecule has 1 heterocycles. The molecular weight excluding hydrogens is 350 g/mol. The van der Waals surface area contributed by atoms with Crippen molar-refractivity contribution < 1.29 is 19.1 Å². The second kappa shape index (κ2) is 6.52. The standard InChI is InChI=1S/C16H18BrNO4/c1-4-21-14(19)12-9-16(3,15(20)22-5-2)18-13-7-6-10(17)8-11(12)13/h6-9,18H,4-5H2,1-3H3. The van der Waals surface area contributed by atoms with E-state index in [1.165, 1.54) is 0 Å². The molecule has 0 aliphatic carbocycles. The predicted octanol–water partition coefficient (Wildman–Crippen LogP) is 3.14. The summed E-state index contributed by atoms with van der Waals surface area (Å²) in [6.07, 6.45) is 1.57. The first kappa shape index (κ1) is 16.5. The average molecular weight is 368 g/mol. The van der Waals surface area contributed by atoms with Gasteiger partial charge in [-0.1, -0.05) is 15.9 Å². The van der Waals surface area contributed by atoms with E-state index in [1.54, 1.807) is 26.8 Å². The lowest BCUT2D eigenvalue weighted by Crippen LogP contribution is -2.45. The van der Waals surface area contributed by atoms with E-state index in [2.05, 4.69) is 21.2 Å². The van der Waals surface area contributed by atoms with Gasteiger partial charge < -0.3 is 14.8 Å². The molecule has 0 amide bonds. The SMILES string of the molecule is CCOC(=O)C1=CC(C)(C(=O)OCC)Nc2ccc(Br)cc21. The molecule has 1 aliphatic heterocycles. The zero-order valence-electron chi connectivity index (χ0n) is 12.7. The highest BCUT2D eigenvalue weighted by molar-refractivity contribution is 9.10. The van der Waals surface area contributed by atoms with E-state index in [0.29, 0.717) is 16.8 Å². The molecule has 0 saturated heterocycles. The number of rotatable bonds is 4. The molecule has 6 heteroatoms. The molecule has 1 aromatic carbocycles. The molecule has 2 rings (SSSR count). The Morgan fingerprint density at radius 1 is 1.23 bits per heavy atom. The minimum absolute atomic E-state index is 0.267. The zero-order chi connectivity index (χ0) is 16.3. The third kappa shape index (κ3) is 3.16. The van der Waals surface area contributed by atoms with Gasteiger partial charge in [0.1, 0.15) is 0 Å². The van der Waals surface area contributed by atoms with Gasteiger partial charge in [-0.2, -0.15) is 0 Å². The van der Waals surface area contributed by atoms with Crippen molar-refractivity contribution in [2.24, 2.45) is 0 Å². The molecule has 1 aromatic rings. The number of ether oxygens (including phenoxy) is 2. The van der Waals surface area contributed by atoms with Crippen LogP contribution >= 0.6 is 15.9 Å². The number of benzene rings is 1. The first-order chi connectivity index (χ1) is 10.4. The Morgan fingerprint density at radius 2 is 1.91 bits per heavy atom. The molecule has 0 saturated carbocycles. The fourth-order valence-corrected chi connectivity index (χ4v) is 2.66. The second-order valence-electron chi connectivity index (χ2n) is 5.02. The van der Waals surface area contributed by atoms with E-state index in [4.69, 9.17) is 9.47 Å². The smallest absolute Gasteiger partial charge is 0.338 e. The Morgan fingerprint density at radius 3 is 2.55 bits per heavy atom. The third-order valence-corrected chi connectivity index (χ3v) is 3.79. The van der Waals surface area contributed by atoms with Crippen molar-refractivity contribution in [3.63, 3.8) is 0 Å². The fraction of sp³-hybridized carbons (Fsp3) is 0.375. The lowest BCUT2D eigenvalue weighted by molar-refractivity contribution is -0.146. The Hall–Kier alpha value is -1.82. The topological polar surface area (TPSA) is 64.6 Å². The van der Waals surface area contributed by atoms with E-state index in [-0.39, 0.29) is 13.2 Å². The summed E-state index contributed by atoms with van der Waals surface area (Å²) in [5.41, 5.74) is 0.616. The minimum atomic E-state index is -1.11. The van der Waals surface area contributed by atoms with Crippen molar-refractivity contribution in [2.45, 2.75) is 26.3 Å².